The molecule has 4 nitrogen and oxygen atoms in total. The number of carbonyl (C=O) groups is 1. The first kappa shape index (κ1) is 17.8. The van der Waals surface area contributed by atoms with Crippen molar-refractivity contribution < 1.29 is 4.79 Å². The molecule has 0 aliphatic rings. The third-order valence-corrected chi connectivity index (χ3v) is 2.98. The summed E-state index contributed by atoms with van der Waals surface area (Å²) in [6.45, 7) is 6.41. The van der Waals surface area contributed by atoms with E-state index in [0.29, 0.717) is 0 Å². The molecule has 118 valence electrons. The molecule has 0 saturated heterocycles. The lowest BCUT2D eigenvalue weighted by Crippen LogP contribution is -2.41. The molecule has 2 N–H and O–H groups in total. The van der Waals surface area contributed by atoms with E-state index in [4.69, 9.17) is 5.26 Å². The number of hydrogen-bond acceptors (Lipinski definition) is 3. The third kappa shape index (κ3) is 7.49. The molecule has 0 aliphatic heterocycles. The molecule has 0 bridgehead atoms. The van der Waals surface area contributed by atoms with Crippen LogP contribution >= 0.6 is 0 Å². The van der Waals surface area contributed by atoms with E-state index in [-0.39, 0.29) is 17.0 Å². The van der Waals surface area contributed by atoms with Crippen LogP contribution in [-0.2, 0) is 11.2 Å². The molecule has 0 atom stereocenters. The topological polar surface area (TPSA) is 64.9 Å². The van der Waals surface area contributed by atoms with Crippen molar-refractivity contribution in [2.24, 2.45) is 0 Å². The van der Waals surface area contributed by atoms with E-state index in [1.165, 1.54) is 11.8 Å². The zero-order valence-electron chi connectivity index (χ0n) is 13.6. The Morgan fingerprint density at radius 2 is 1.91 bits per heavy atom. The molecule has 0 saturated carbocycles. The SMILES string of the molecule is CC(C)(C)NC(=O)/C(C#N)=C\NCCCCc1ccccc1. The van der Waals surface area contributed by atoms with Crippen LogP contribution in [0.15, 0.2) is 42.1 Å². The van der Waals surface area contributed by atoms with Gasteiger partial charge in [-0.3, -0.25) is 4.79 Å². The van der Waals surface area contributed by atoms with E-state index in [0.717, 1.165) is 25.8 Å². The molecule has 0 fully saturated rings. The molecule has 4 heteroatoms. The summed E-state index contributed by atoms with van der Waals surface area (Å²) in [5.74, 6) is -0.341. The van der Waals surface area contributed by atoms with Gasteiger partial charge < -0.3 is 10.6 Å². The van der Waals surface area contributed by atoms with Crippen molar-refractivity contribution in [1.29, 1.82) is 5.26 Å². The van der Waals surface area contributed by atoms with Crippen molar-refractivity contribution in [3.05, 3.63) is 47.7 Å². The Labute approximate surface area is 133 Å². The molecular formula is C18H25N3O. The fourth-order valence-corrected chi connectivity index (χ4v) is 1.93. The Hall–Kier alpha value is -2.28. The van der Waals surface area contributed by atoms with Crippen molar-refractivity contribution in [2.75, 3.05) is 6.54 Å². The number of nitrogens with zero attached hydrogens (tertiary/aromatic N) is 1. The van der Waals surface area contributed by atoms with Gasteiger partial charge in [0.1, 0.15) is 11.6 Å². The zero-order valence-corrected chi connectivity index (χ0v) is 13.6. The van der Waals surface area contributed by atoms with Crippen LogP contribution in [-0.4, -0.2) is 18.0 Å². The first-order valence-electron chi connectivity index (χ1n) is 7.62. The molecular weight excluding hydrogens is 274 g/mol. The van der Waals surface area contributed by atoms with Gasteiger partial charge in [-0.05, 0) is 45.6 Å². The highest BCUT2D eigenvalue weighted by atomic mass is 16.1. The van der Waals surface area contributed by atoms with Crippen molar-refractivity contribution in [1.82, 2.24) is 10.6 Å². The number of rotatable bonds is 7. The predicted molar refractivity (Wildman–Crippen MR) is 89.0 cm³/mol. The van der Waals surface area contributed by atoms with Crippen LogP contribution in [0.3, 0.4) is 0 Å². The van der Waals surface area contributed by atoms with E-state index >= 15 is 0 Å². The Morgan fingerprint density at radius 1 is 1.23 bits per heavy atom. The van der Waals surface area contributed by atoms with Gasteiger partial charge in [-0.25, -0.2) is 0 Å². The Balaban J connectivity index is 2.28. The minimum atomic E-state index is -0.345. The second-order valence-corrected chi connectivity index (χ2v) is 6.27. The number of carbonyl (C=O) groups excluding carboxylic acids is 1. The summed E-state index contributed by atoms with van der Waals surface area (Å²) in [4.78, 5) is 11.9. The van der Waals surface area contributed by atoms with E-state index < -0.39 is 0 Å². The van der Waals surface area contributed by atoms with E-state index in [1.54, 1.807) is 0 Å². The molecule has 0 aliphatic carbocycles. The summed E-state index contributed by atoms with van der Waals surface area (Å²) in [6.07, 6.45) is 4.61. The summed E-state index contributed by atoms with van der Waals surface area (Å²) in [6, 6.07) is 12.3. The fraction of sp³-hybridized carbons (Fsp3) is 0.444. The maximum atomic E-state index is 11.9. The molecule has 22 heavy (non-hydrogen) atoms. The van der Waals surface area contributed by atoms with Crippen LogP contribution in [0, 0.1) is 11.3 Å². The van der Waals surface area contributed by atoms with Crippen molar-refractivity contribution >= 4 is 5.91 Å². The molecule has 1 aromatic carbocycles. The first-order valence-corrected chi connectivity index (χ1v) is 7.62. The van der Waals surface area contributed by atoms with Crippen LogP contribution < -0.4 is 10.6 Å². The maximum absolute atomic E-state index is 11.9. The largest absolute Gasteiger partial charge is 0.390 e. The maximum Gasteiger partial charge on any atom is 0.263 e. The monoisotopic (exact) mass is 299 g/mol. The number of unbranched alkanes of at least 4 members (excludes halogenated alkanes) is 1. The highest BCUT2D eigenvalue weighted by Crippen LogP contribution is 2.04. The van der Waals surface area contributed by atoms with Gasteiger partial charge in [0.05, 0.1) is 0 Å². The number of aryl methyl sites for hydroxylation is 1. The molecule has 1 rings (SSSR count). The number of benzene rings is 1. The molecule has 0 radical (unpaired) electrons. The van der Waals surface area contributed by atoms with Crippen LogP contribution in [0.25, 0.3) is 0 Å². The summed E-state index contributed by atoms with van der Waals surface area (Å²) in [7, 11) is 0. The smallest absolute Gasteiger partial charge is 0.263 e. The Bertz CT molecular complexity index is 536. The standard InChI is InChI=1S/C18H25N3O/c1-18(2,3)21-17(22)16(13-19)14-20-12-8-7-11-15-9-5-4-6-10-15/h4-6,9-10,14,20H,7-8,11-12H2,1-3H3,(H,21,22)/b16-14-. The Kier molecular flexibility index (Phi) is 7.18. The van der Waals surface area contributed by atoms with Gasteiger partial charge in [-0.15, -0.1) is 0 Å². The number of hydrogen-bond donors (Lipinski definition) is 2. The van der Waals surface area contributed by atoms with Crippen molar-refractivity contribution in [3.63, 3.8) is 0 Å². The van der Waals surface area contributed by atoms with Gasteiger partial charge >= 0.3 is 0 Å². The highest BCUT2D eigenvalue weighted by Gasteiger charge is 2.16. The highest BCUT2D eigenvalue weighted by molar-refractivity contribution is 5.97. The van der Waals surface area contributed by atoms with Crippen molar-refractivity contribution in [3.8, 4) is 6.07 Å². The lowest BCUT2D eigenvalue weighted by Gasteiger charge is -2.20. The van der Waals surface area contributed by atoms with Gasteiger partial charge in [0.25, 0.3) is 5.91 Å². The second-order valence-electron chi connectivity index (χ2n) is 6.27. The van der Waals surface area contributed by atoms with E-state index in [1.807, 2.05) is 45.0 Å². The zero-order chi connectivity index (χ0) is 16.4. The molecule has 1 amide bonds. The quantitative estimate of drug-likeness (QED) is 0.462. The van der Waals surface area contributed by atoms with Crippen LogP contribution in [0.4, 0.5) is 0 Å². The summed E-state index contributed by atoms with van der Waals surface area (Å²) < 4.78 is 0. The molecule has 0 spiro atoms. The van der Waals surface area contributed by atoms with Crippen LogP contribution in [0.1, 0.15) is 39.2 Å². The number of nitrogens with one attached hydrogen (secondary N) is 2. The third-order valence-electron chi connectivity index (χ3n) is 2.98. The normalized spacial score (nSPS) is 11.6. The average molecular weight is 299 g/mol. The summed E-state index contributed by atoms with van der Waals surface area (Å²) in [5.41, 5.74) is 1.10. The van der Waals surface area contributed by atoms with Crippen LogP contribution in [0.2, 0.25) is 0 Å². The minimum absolute atomic E-state index is 0.109. The fourth-order valence-electron chi connectivity index (χ4n) is 1.93. The first-order chi connectivity index (χ1) is 10.4. The lowest BCUT2D eigenvalue weighted by atomic mass is 10.1. The van der Waals surface area contributed by atoms with E-state index in [9.17, 15) is 4.79 Å². The molecule has 0 heterocycles. The van der Waals surface area contributed by atoms with Crippen molar-refractivity contribution in [2.45, 2.75) is 45.6 Å². The number of amides is 1. The van der Waals surface area contributed by atoms with E-state index in [2.05, 4.69) is 22.8 Å². The molecule has 0 unspecified atom stereocenters. The summed E-state index contributed by atoms with van der Waals surface area (Å²) >= 11 is 0. The van der Waals surface area contributed by atoms with Gasteiger partial charge in [-0.2, -0.15) is 5.26 Å². The second kappa shape index (κ2) is 8.89. The lowest BCUT2D eigenvalue weighted by molar-refractivity contribution is -0.118. The molecule has 0 aromatic heterocycles. The van der Waals surface area contributed by atoms with Gasteiger partial charge in [-0.1, -0.05) is 30.3 Å². The van der Waals surface area contributed by atoms with Gasteiger partial charge in [0.15, 0.2) is 0 Å². The predicted octanol–water partition coefficient (Wildman–Crippen LogP) is 2.92. The Morgan fingerprint density at radius 3 is 2.50 bits per heavy atom. The average Bonchev–Trinajstić information content (AvgIpc) is 2.45. The van der Waals surface area contributed by atoms with Crippen LogP contribution in [0.5, 0.6) is 0 Å². The van der Waals surface area contributed by atoms with Gasteiger partial charge in [0.2, 0.25) is 0 Å². The molecule has 1 aromatic rings. The minimum Gasteiger partial charge on any atom is -0.390 e. The summed E-state index contributed by atoms with van der Waals surface area (Å²) in [5, 5.41) is 14.8. The number of nitriles is 1. The van der Waals surface area contributed by atoms with Gasteiger partial charge in [0, 0.05) is 18.3 Å².